The van der Waals surface area contributed by atoms with Crippen LogP contribution in [-0.2, 0) is 19.1 Å². The second kappa shape index (κ2) is 10.7. The predicted octanol–water partition coefficient (Wildman–Crippen LogP) is 5.28. The van der Waals surface area contributed by atoms with Crippen LogP contribution >= 0.6 is 0 Å². The lowest BCUT2D eigenvalue weighted by molar-refractivity contribution is -0.170. The summed E-state index contributed by atoms with van der Waals surface area (Å²) in [5, 5.41) is 0. The highest BCUT2D eigenvalue weighted by Crippen LogP contribution is 2.27. The molecule has 0 saturated carbocycles. The van der Waals surface area contributed by atoms with Crippen LogP contribution in [0.1, 0.15) is 93.4 Å². The van der Waals surface area contributed by atoms with E-state index in [9.17, 15) is 9.59 Å². The van der Waals surface area contributed by atoms with Crippen molar-refractivity contribution in [3.05, 3.63) is 0 Å². The molecule has 24 heavy (non-hydrogen) atoms. The Morgan fingerprint density at radius 2 is 1.33 bits per heavy atom. The molecule has 0 radical (unpaired) electrons. The summed E-state index contributed by atoms with van der Waals surface area (Å²) in [7, 11) is 0. The average Bonchev–Trinajstić information content (AvgIpc) is 2.49. The largest absolute Gasteiger partial charge is 0.461 e. The first-order valence-electron chi connectivity index (χ1n) is 9.49. The van der Waals surface area contributed by atoms with Gasteiger partial charge in [0.1, 0.15) is 12.7 Å². The van der Waals surface area contributed by atoms with Crippen LogP contribution in [0, 0.1) is 10.8 Å². The van der Waals surface area contributed by atoms with Gasteiger partial charge in [0.25, 0.3) is 0 Å². The molecular weight excluding hydrogens is 304 g/mol. The number of carbonyl (C=O) groups excluding carboxylic acids is 2. The van der Waals surface area contributed by atoms with Crippen LogP contribution in [-0.4, -0.2) is 24.6 Å². The van der Waals surface area contributed by atoms with Crippen LogP contribution in [0.3, 0.4) is 0 Å². The molecule has 4 heteroatoms. The summed E-state index contributed by atoms with van der Waals surface area (Å²) in [6, 6.07) is 0. The van der Waals surface area contributed by atoms with E-state index in [4.69, 9.17) is 9.47 Å². The second-order valence-electron chi connectivity index (χ2n) is 8.04. The van der Waals surface area contributed by atoms with Gasteiger partial charge in [-0.1, -0.05) is 40.0 Å². The summed E-state index contributed by atoms with van der Waals surface area (Å²) in [5.74, 6) is -0.413. The zero-order valence-electron chi connectivity index (χ0n) is 16.9. The van der Waals surface area contributed by atoms with Gasteiger partial charge in [-0.05, 0) is 53.4 Å². The zero-order valence-corrected chi connectivity index (χ0v) is 16.9. The van der Waals surface area contributed by atoms with Crippen LogP contribution in [0.15, 0.2) is 0 Å². The number of hydrogen-bond donors (Lipinski definition) is 0. The van der Waals surface area contributed by atoms with E-state index in [2.05, 4.69) is 20.8 Å². The Hall–Kier alpha value is -1.06. The summed E-state index contributed by atoms with van der Waals surface area (Å²) in [4.78, 5) is 24.7. The van der Waals surface area contributed by atoms with Gasteiger partial charge >= 0.3 is 11.9 Å². The van der Waals surface area contributed by atoms with Crippen molar-refractivity contribution in [3.63, 3.8) is 0 Å². The molecule has 0 heterocycles. The molecule has 0 aromatic rings. The second-order valence-corrected chi connectivity index (χ2v) is 8.04. The first-order valence-corrected chi connectivity index (χ1v) is 9.49. The quantitative estimate of drug-likeness (QED) is 0.453. The summed E-state index contributed by atoms with van der Waals surface area (Å²) in [6.45, 7) is 14.0. The van der Waals surface area contributed by atoms with Crippen LogP contribution in [0.25, 0.3) is 0 Å². The third-order valence-corrected chi connectivity index (χ3v) is 4.41. The Morgan fingerprint density at radius 3 is 1.79 bits per heavy atom. The average molecular weight is 343 g/mol. The van der Waals surface area contributed by atoms with Gasteiger partial charge < -0.3 is 9.47 Å². The van der Waals surface area contributed by atoms with Crippen molar-refractivity contribution in [2.75, 3.05) is 6.61 Å². The standard InChI is InChI=1S/C20H38O4/c1-8-11-12-16(24-18(22)20(6,7)14-10-3)15-23-17(21)19(4,5)13-9-2/h16H,8-15H2,1-7H3. The topological polar surface area (TPSA) is 52.6 Å². The number of rotatable bonds is 12. The lowest BCUT2D eigenvalue weighted by Crippen LogP contribution is -2.35. The van der Waals surface area contributed by atoms with Crippen molar-refractivity contribution in [2.45, 2.75) is 99.5 Å². The highest BCUT2D eigenvalue weighted by atomic mass is 16.6. The van der Waals surface area contributed by atoms with Crippen molar-refractivity contribution in [1.82, 2.24) is 0 Å². The smallest absolute Gasteiger partial charge is 0.311 e. The fourth-order valence-electron chi connectivity index (χ4n) is 2.74. The predicted molar refractivity (Wildman–Crippen MR) is 97.7 cm³/mol. The number of esters is 2. The van der Waals surface area contributed by atoms with Crippen LogP contribution in [0.5, 0.6) is 0 Å². The van der Waals surface area contributed by atoms with E-state index in [0.717, 1.165) is 44.9 Å². The van der Waals surface area contributed by atoms with Crippen molar-refractivity contribution in [1.29, 1.82) is 0 Å². The first-order chi connectivity index (χ1) is 11.1. The Labute approximate surface area is 148 Å². The van der Waals surface area contributed by atoms with E-state index in [1.807, 2.05) is 27.7 Å². The maximum absolute atomic E-state index is 12.4. The lowest BCUT2D eigenvalue weighted by atomic mass is 9.88. The minimum absolute atomic E-state index is 0.153. The molecule has 0 aliphatic rings. The summed E-state index contributed by atoms with van der Waals surface area (Å²) < 4.78 is 11.2. The van der Waals surface area contributed by atoms with Gasteiger partial charge in [-0.15, -0.1) is 0 Å². The Bertz CT molecular complexity index is 385. The fraction of sp³-hybridized carbons (Fsp3) is 0.900. The van der Waals surface area contributed by atoms with Gasteiger partial charge in [-0.2, -0.15) is 0 Å². The molecule has 0 aliphatic heterocycles. The van der Waals surface area contributed by atoms with E-state index >= 15 is 0 Å². The summed E-state index contributed by atoms with van der Waals surface area (Å²) >= 11 is 0. The highest BCUT2D eigenvalue weighted by Gasteiger charge is 2.32. The van der Waals surface area contributed by atoms with E-state index in [-0.39, 0.29) is 24.6 Å². The Kier molecular flexibility index (Phi) is 10.3. The Morgan fingerprint density at radius 1 is 0.833 bits per heavy atom. The Balaban J connectivity index is 4.73. The van der Waals surface area contributed by atoms with Gasteiger partial charge in [0.15, 0.2) is 0 Å². The van der Waals surface area contributed by atoms with Gasteiger partial charge in [-0.25, -0.2) is 0 Å². The zero-order chi connectivity index (χ0) is 18.8. The first kappa shape index (κ1) is 22.9. The molecule has 0 rings (SSSR count). The minimum Gasteiger partial charge on any atom is -0.461 e. The summed E-state index contributed by atoms with van der Waals surface area (Å²) in [6.07, 6.45) is 5.78. The molecule has 0 saturated heterocycles. The number of unbranched alkanes of at least 4 members (excludes halogenated alkanes) is 1. The molecule has 0 aromatic heterocycles. The molecule has 0 aliphatic carbocycles. The maximum Gasteiger partial charge on any atom is 0.311 e. The molecule has 1 unspecified atom stereocenters. The maximum atomic E-state index is 12.4. The van der Waals surface area contributed by atoms with E-state index in [0.29, 0.717) is 0 Å². The molecule has 0 N–H and O–H groups in total. The molecule has 0 spiro atoms. The van der Waals surface area contributed by atoms with E-state index < -0.39 is 10.8 Å². The van der Waals surface area contributed by atoms with Crippen molar-refractivity contribution in [2.24, 2.45) is 10.8 Å². The molecule has 0 fully saturated rings. The van der Waals surface area contributed by atoms with Crippen LogP contribution in [0.2, 0.25) is 0 Å². The molecule has 0 amide bonds. The van der Waals surface area contributed by atoms with Crippen molar-refractivity contribution >= 4 is 11.9 Å². The van der Waals surface area contributed by atoms with Crippen molar-refractivity contribution < 1.29 is 19.1 Å². The van der Waals surface area contributed by atoms with Crippen LogP contribution < -0.4 is 0 Å². The highest BCUT2D eigenvalue weighted by molar-refractivity contribution is 5.76. The molecule has 0 bridgehead atoms. The number of hydrogen-bond acceptors (Lipinski definition) is 4. The SMILES string of the molecule is CCCCC(COC(=O)C(C)(C)CCC)OC(=O)C(C)(C)CCC. The fourth-order valence-corrected chi connectivity index (χ4v) is 2.74. The third-order valence-electron chi connectivity index (χ3n) is 4.41. The third kappa shape index (κ3) is 8.16. The van der Waals surface area contributed by atoms with E-state index in [1.165, 1.54) is 0 Å². The molecular formula is C20H38O4. The van der Waals surface area contributed by atoms with Gasteiger partial charge in [0.2, 0.25) is 0 Å². The molecule has 4 nitrogen and oxygen atoms in total. The number of ether oxygens (including phenoxy) is 2. The molecule has 1 atom stereocenters. The van der Waals surface area contributed by atoms with E-state index in [1.54, 1.807) is 0 Å². The van der Waals surface area contributed by atoms with Crippen molar-refractivity contribution in [3.8, 4) is 0 Å². The number of carbonyl (C=O) groups is 2. The normalized spacial score (nSPS) is 13.5. The van der Waals surface area contributed by atoms with Gasteiger partial charge in [-0.3, -0.25) is 9.59 Å². The van der Waals surface area contributed by atoms with Gasteiger partial charge in [0, 0.05) is 0 Å². The van der Waals surface area contributed by atoms with Gasteiger partial charge in [0.05, 0.1) is 10.8 Å². The minimum atomic E-state index is -0.495. The lowest BCUT2D eigenvalue weighted by Gasteiger charge is -2.27. The molecule has 0 aromatic carbocycles. The summed E-state index contributed by atoms with van der Waals surface area (Å²) in [5.41, 5.74) is -0.986. The molecule has 142 valence electrons. The monoisotopic (exact) mass is 342 g/mol. The van der Waals surface area contributed by atoms with Crippen LogP contribution in [0.4, 0.5) is 0 Å².